The highest BCUT2D eigenvalue weighted by Crippen LogP contribution is 2.34. The van der Waals surface area contributed by atoms with Gasteiger partial charge in [0.05, 0.1) is 25.8 Å². The molecule has 3 heterocycles. The maximum atomic E-state index is 11.9. The third-order valence-electron chi connectivity index (χ3n) is 3.96. The number of esters is 1. The molecule has 12 nitrogen and oxygen atoms in total. The number of aliphatic carboxylic acids is 1. The van der Waals surface area contributed by atoms with Gasteiger partial charge in [-0.05, 0) is 0 Å². The molecule has 0 saturated carbocycles. The minimum atomic E-state index is -1.32. The number of ether oxygens (including phenoxy) is 2. The topological polar surface area (TPSA) is 183 Å². The quantitative estimate of drug-likeness (QED) is 0.433. The van der Waals surface area contributed by atoms with Gasteiger partial charge in [-0.15, -0.1) is 0 Å². The van der Waals surface area contributed by atoms with Crippen LogP contribution in [0, 0.1) is 0 Å². The molecule has 0 bridgehead atoms. The van der Waals surface area contributed by atoms with Gasteiger partial charge in [0.15, 0.2) is 23.8 Å². The molecule has 4 atom stereocenters. The summed E-state index contributed by atoms with van der Waals surface area (Å²) in [4.78, 5) is 34.4. The highest BCUT2D eigenvalue weighted by molar-refractivity contribution is 5.81. The number of anilines is 1. The molecule has 0 spiro atoms. The summed E-state index contributed by atoms with van der Waals surface area (Å²) < 4.78 is 12.2. The number of carbonyl (C=O) groups is 2. The van der Waals surface area contributed by atoms with Crippen molar-refractivity contribution in [2.24, 2.45) is 0 Å². The standard InChI is InChI=1S/C14H17N5O7/c15-12-9-13(17-4-16-12)19(5-18-9)14-11(10(24)6(3-20)25-14)26-8(23)2-1-7(21)22/h4-6,10-11,14,20,24H,1-3H2,(H,21,22)(H2,15,16,17)/t6-,10?,11+,14-/m1/s1. The average Bonchev–Trinajstić information content (AvgIpc) is 3.16. The lowest BCUT2D eigenvalue weighted by molar-refractivity contribution is -0.160. The van der Waals surface area contributed by atoms with E-state index in [1.165, 1.54) is 17.2 Å². The molecule has 0 amide bonds. The average molecular weight is 367 g/mol. The number of aliphatic hydroxyl groups is 2. The van der Waals surface area contributed by atoms with Crippen molar-refractivity contribution in [2.75, 3.05) is 12.3 Å². The van der Waals surface area contributed by atoms with Crippen LogP contribution in [0.4, 0.5) is 5.82 Å². The third-order valence-corrected chi connectivity index (χ3v) is 3.96. The summed E-state index contributed by atoms with van der Waals surface area (Å²) in [5, 5.41) is 28.3. The maximum Gasteiger partial charge on any atom is 0.306 e. The first-order valence-corrected chi connectivity index (χ1v) is 7.71. The molecule has 5 N–H and O–H groups in total. The Hall–Kier alpha value is -2.83. The Morgan fingerprint density at radius 3 is 2.77 bits per heavy atom. The first-order chi connectivity index (χ1) is 12.4. The van der Waals surface area contributed by atoms with E-state index in [2.05, 4.69) is 15.0 Å². The summed E-state index contributed by atoms with van der Waals surface area (Å²) >= 11 is 0. The van der Waals surface area contributed by atoms with Crippen LogP contribution in [0.3, 0.4) is 0 Å². The van der Waals surface area contributed by atoms with Crippen molar-refractivity contribution in [1.29, 1.82) is 0 Å². The van der Waals surface area contributed by atoms with E-state index in [0.717, 1.165) is 0 Å². The van der Waals surface area contributed by atoms with Gasteiger partial charge in [0, 0.05) is 0 Å². The fraction of sp³-hybridized carbons (Fsp3) is 0.500. The molecular weight excluding hydrogens is 350 g/mol. The molecule has 140 valence electrons. The Bertz CT molecular complexity index is 825. The largest absolute Gasteiger partial charge is 0.481 e. The number of aromatic nitrogens is 4. The molecule has 0 aliphatic carbocycles. The van der Waals surface area contributed by atoms with Crippen LogP contribution in [0.2, 0.25) is 0 Å². The monoisotopic (exact) mass is 367 g/mol. The van der Waals surface area contributed by atoms with E-state index in [-0.39, 0.29) is 12.2 Å². The number of nitrogens with zero attached hydrogens (tertiary/aromatic N) is 4. The summed E-state index contributed by atoms with van der Waals surface area (Å²) in [6.45, 7) is -0.509. The Labute approximate surface area is 146 Å². The number of aliphatic hydroxyl groups excluding tert-OH is 2. The molecule has 1 aliphatic heterocycles. The molecule has 1 unspecified atom stereocenters. The number of hydrogen-bond acceptors (Lipinski definition) is 10. The van der Waals surface area contributed by atoms with Crippen LogP contribution in [0.25, 0.3) is 11.2 Å². The van der Waals surface area contributed by atoms with Gasteiger partial charge in [0.1, 0.15) is 24.1 Å². The second-order valence-electron chi connectivity index (χ2n) is 5.67. The zero-order valence-electron chi connectivity index (χ0n) is 13.4. The molecule has 3 rings (SSSR count). The van der Waals surface area contributed by atoms with Gasteiger partial charge in [-0.2, -0.15) is 0 Å². The number of fused-ring (bicyclic) bond motifs is 1. The summed E-state index contributed by atoms with van der Waals surface area (Å²) in [6, 6.07) is 0. The molecule has 0 aromatic carbocycles. The van der Waals surface area contributed by atoms with Gasteiger partial charge in [-0.1, -0.05) is 0 Å². The number of carbonyl (C=O) groups excluding carboxylic acids is 1. The Morgan fingerprint density at radius 1 is 1.31 bits per heavy atom. The predicted octanol–water partition coefficient (Wildman–Crippen LogP) is -1.56. The molecule has 26 heavy (non-hydrogen) atoms. The van der Waals surface area contributed by atoms with Crippen LogP contribution in [-0.2, 0) is 19.1 Å². The van der Waals surface area contributed by atoms with Gasteiger partial charge in [0.25, 0.3) is 0 Å². The van der Waals surface area contributed by atoms with Crippen LogP contribution in [0.1, 0.15) is 19.1 Å². The van der Waals surface area contributed by atoms with E-state index in [1.54, 1.807) is 0 Å². The van der Waals surface area contributed by atoms with E-state index in [9.17, 15) is 19.8 Å². The molecule has 2 aromatic rings. The fourth-order valence-electron chi connectivity index (χ4n) is 2.70. The summed E-state index contributed by atoms with van der Waals surface area (Å²) in [7, 11) is 0. The lowest BCUT2D eigenvalue weighted by atomic mass is 10.1. The van der Waals surface area contributed by atoms with Gasteiger partial charge in [-0.3, -0.25) is 14.2 Å². The van der Waals surface area contributed by atoms with Crippen LogP contribution in [0.15, 0.2) is 12.7 Å². The normalized spacial score (nSPS) is 25.5. The van der Waals surface area contributed by atoms with E-state index < -0.39 is 49.5 Å². The summed E-state index contributed by atoms with van der Waals surface area (Å²) in [6.07, 6.45) is -2.77. The first kappa shape index (κ1) is 18.0. The van der Waals surface area contributed by atoms with Crippen molar-refractivity contribution in [3.63, 3.8) is 0 Å². The number of carboxylic acids is 1. The van der Waals surface area contributed by atoms with Gasteiger partial charge < -0.3 is 30.5 Å². The number of carboxylic acid groups (broad SMARTS) is 1. The minimum Gasteiger partial charge on any atom is -0.481 e. The number of nitrogen functional groups attached to an aromatic ring is 1. The van der Waals surface area contributed by atoms with E-state index >= 15 is 0 Å². The van der Waals surface area contributed by atoms with E-state index in [0.29, 0.717) is 11.2 Å². The van der Waals surface area contributed by atoms with Gasteiger partial charge >= 0.3 is 11.9 Å². The minimum absolute atomic E-state index is 0.140. The van der Waals surface area contributed by atoms with Crippen LogP contribution < -0.4 is 5.73 Å². The fourth-order valence-corrected chi connectivity index (χ4v) is 2.70. The highest BCUT2D eigenvalue weighted by atomic mass is 16.6. The van der Waals surface area contributed by atoms with Crippen molar-refractivity contribution >= 4 is 28.9 Å². The molecule has 1 fully saturated rings. The third kappa shape index (κ3) is 3.29. The Morgan fingerprint density at radius 2 is 2.08 bits per heavy atom. The van der Waals surface area contributed by atoms with Gasteiger partial charge in [-0.25, -0.2) is 15.0 Å². The highest BCUT2D eigenvalue weighted by Gasteiger charge is 2.47. The molecule has 0 radical (unpaired) electrons. The maximum absolute atomic E-state index is 11.9. The van der Waals surface area contributed by atoms with Crippen molar-refractivity contribution in [3.8, 4) is 0 Å². The molecule has 1 aliphatic rings. The van der Waals surface area contributed by atoms with Crippen LogP contribution in [-0.4, -0.2) is 71.7 Å². The predicted molar refractivity (Wildman–Crippen MR) is 83.5 cm³/mol. The first-order valence-electron chi connectivity index (χ1n) is 7.71. The molecular formula is C14H17N5O7. The number of rotatable bonds is 6. The lowest BCUT2D eigenvalue weighted by Crippen LogP contribution is -2.37. The smallest absolute Gasteiger partial charge is 0.306 e. The van der Waals surface area contributed by atoms with Crippen molar-refractivity contribution in [2.45, 2.75) is 37.4 Å². The SMILES string of the molecule is Nc1ncnc2c1ncn2[C@@H]1O[C@H](CO)C(O)[C@@H]1OC(=O)CCC(=O)O. The van der Waals surface area contributed by atoms with Crippen molar-refractivity contribution < 1.29 is 34.4 Å². The number of imidazole rings is 1. The molecule has 1 saturated heterocycles. The lowest BCUT2D eigenvalue weighted by Gasteiger charge is -2.21. The van der Waals surface area contributed by atoms with Crippen molar-refractivity contribution in [3.05, 3.63) is 12.7 Å². The number of nitrogens with two attached hydrogens (primary N) is 1. The van der Waals surface area contributed by atoms with Crippen molar-refractivity contribution in [1.82, 2.24) is 19.5 Å². The van der Waals surface area contributed by atoms with E-state index in [4.69, 9.17) is 20.3 Å². The number of hydrogen-bond donors (Lipinski definition) is 4. The second-order valence-corrected chi connectivity index (χ2v) is 5.67. The Balaban J connectivity index is 1.88. The molecule has 12 heteroatoms. The van der Waals surface area contributed by atoms with E-state index in [1.807, 2.05) is 0 Å². The second kappa shape index (κ2) is 7.19. The summed E-state index contributed by atoms with van der Waals surface area (Å²) in [5.41, 5.74) is 6.33. The zero-order valence-corrected chi connectivity index (χ0v) is 13.4. The van der Waals surface area contributed by atoms with Crippen LogP contribution >= 0.6 is 0 Å². The Kier molecular flexibility index (Phi) is 4.97. The molecule has 2 aromatic heterocycles. The summed E-state index contributed by atoms with van der Waals surface area (Å²) in [5.74, 6) is -1.83. The van der Waals surface area contributed by atoms with Crippen LogP contribution in [0.5, 0.6) is 0 Å². The van der Waals surface area contributed by atoms with Gasteiger partial charge in [0.2, 0.25) is 0 Å². The zero-order chi connectivity index (χ0) is 18.8.